The molecule has 0 amide bonds. The fourth-order valence-electron chi connectivity index (χ4n) is 6.28. The van der Waals surface area contributed by atoms with Crippen LogP contribution in [0.2, 0.25) is 0 Å². The van der Waals surface area contributed by atoms with E-state index < -0.39 is 0 Å². The van der Waals surface area contributed by atoms with Gasteiger partial charge in [0.15, 0.2) is 5.78 Å². The fourth-order valence-corrected chi connectivity index (χ4v) is 6.28. The number of benzene rings is 2. The van der Waals surface area contributed by atoms with E-state index in [-0.39, 0.29) is 48.9 Å². The number of aliphatic hydroxyl groups is 1. The summed E-state index contributed by atoms with van der Waals surface area (Å²) in [4.78, 5) is 21.3. The predicted octanol–water partition coefficient (Wildman–Crippen LogP) is 10.3. The van der Waals surface area contributed by atoms with Gasteiger partial charge in [0, 0.05) is 56.1 Å². The van der Waals surface area contributed by atoms with Gasteiger partial charge in [-0.25, -0.2) is 0 Å². The maximum Gasteiger partial charge on any atom is 0.162 e. The first-order chi connectivity index (χ1) is 21.0. The first kappa shape index (κ1) is 36.3. The molecule has 0 unspecified atom stereocenters. The molecule has 0 saturated carbocycles. The van der Waals surface area contributed by atoms with Crippen molar-refractivity contribution in [1.82, 2.24) is 9.97 Å². The molecule has 0 fully saturated rings. The van der Waals surface area contributed by atoms with Crippen molar-refractivity contribution in [2.75, 3.05) is 0 Å². The van der Waals surface area contributed by atoms with Crippen LogP contribution in [0.15, 0.2) is 66.7 Å². The van der Waals surface area contributed by atoms with E-state index >= 15 is 0 Å². The summed E-state index contributed by atoms with van der Waals surface area (Å²) < 4.78 is 0. The molecule has 2 aromatic heterocycles. The summed E-state index contributed by atoms with van der Waals surface area (Å²) in [6.07, 6.45) is 10.8. The average molecular weight is 782 g/mol. The molecule has 0 aliphatic heterocycles. The molecule has 2 heterocycles. The molecule has 5 rings (SSSR count). The molecule has 1 aliphatic rings. The van der Waals surface area contributed by atoms with Crippen molar-refractivity contribution in [2.45, 2.75) is 99.3 Å². The molecule has 0 saturated heterocycles. The molecule has 4 aromatic rings. The van der Waals surface area contributed by atoms with Gasteiger partial charge in [0.05, 0.1) is 11.5 Å². The van der Waals surface area contributed by atoms with E-state index in [0.29, 0.717) is 0 Å². The number of fused-ring (bicyclic) bond motifs is 4. The van der Waals surface area contributed by atoms with Crippen LogP contribution in [-0.4, -0.2) is 20.9 Å². The van der Waals surface area contributed by atoms with Crippen LogP contribution < -0.4 is 0 Å². The van der Waals surface area contributed by atoms with Gasteiger partial charge in [0.1, 0.15) is 0 Å². The quantitative estimate of drug-likeness (QED) is 0.110. The number of pyridine rings is 2. The number of ketones is 1. The first-order valence-electron chi connectivity index (χ1n) is 16.4. The summed E-state index contributed by atoms with van der Waals surface area (Å²) in [7, 11) is 0. The molecule has 0 spiro atoms. The molecule has 1 radical (unpaired) electrons. The summed E-state index contributed by atoms with van der Waals surface area (Å²) in [6, 6.07) is 18.9. The Hall–Kier alpha value is -3.14. The van der Waals surface area contributed by atoms with Crippen LogP contribution in [0.3, 0.4) is 0 Å². The van der Waals surface area contributed by atoms with Gasteiger partial charge in [-0.1, -0.05) is 83.7 Å². The van der Waals surface area contributed by atoms with E-state index in [0.717, 1.165) is 60.9 Å². The maximum atomic E-state index is 11.7. The number of aromatic nitrogens is 2. The summed E-state index contributed by atoms with van der Waals surface area (Å²) in [5.74, 6) is 0.547. The van der Waals surface area contributed by atoms with Crippen LogP contribution in [0.4, 0.5) is 0 Å². The number of aryl methyl sites for hydroxylation is 2. The van der Waals surface area contributed by atoms with Crippen LogP contribution in [0.25, 0.3) is 33.3 Å². The SMILES string of the molecule is CCC(CC)C(=O)/C=C(\O)C(CC)CC.Cc1cnc2c(c1)CCc1c-2ccnc1-c1[c-]c2ccccc2c(C(C)(C)C)c1.[Ir]. The number of rotatable bonds is 8. The van der Waals surface area contributed by atoms with Crippen LogP contribution in [-0.2, 0) is 43.2 Å². The van der Waals surface area contributed by atoms with Gasteiger partial charge in [0.25, 0.3) is 0 Å². The number of carbonyl (C=O) groups excluding carboxylic acids is 1. The van der Waals surface area contributed by atoms with Crippen molar-refractivity contribution < 1.29 is 30.0 Å². The predicted molar refractivity (Wildman–Crippen MR) is 184 cm³/mol. The van der Waals surface area contributed by atoms with Gasteiger partial charge in [-0.15, -0.1) is 29.1 Å². The standard InChI is InChI=1S/C27H25N2.C13H24O2.Ir/c1-17-13-19-9-10-22-23(25(19)29-16-17)11-12-28-26(22)20-14-18-7-5-6-8-21(18)24(15-20)27(2,3)4;1-5-10(6-2)12(14)9-13(15)11(7-3)8-4;/h5-8,11-13,15-16H,9-10H2,1-4H3;9-11,14H,5-8H2,1-4H3;/q-1;;/b;12-9-;. The molecule has 4 nitrogen and oxygen atoms in total. The van der Waals surface area contributed by atoms with Gasteiger partial charge in [-0.3, -0.25) is 14.8 Å². The van der Waals surface area contributed by atoms with Crippen LogP contribution in [0.1, 0.15) is 96.4 Å². The van der Waals surface area contributed by atoms with E-state index in [9.17, 15) is 9.90 Å². The minimum absolute atomic E-state index is 0. The first-order valence-corrected chi connectivity index (χ1v) is 16.4. The van der Waals surface area contributed by atoms with Gasteiger partial charge in [-0.2, -0.15) is 0 Å². The minimum Gasteiger partial charge on any atom is -0.512 e. The Morgan fingerprint density at radius 2 is 1.60 bits per heavy atom. The molecule has 5 heteroatoms. The Morgan fingerprint density at radius 1 is 0.933 bits per heavy atom. The topological polar surface area (TPSA) is 63.1 Å². The van der Waals surface area contributed by atoms with Crippen molar-refractivity contribution in [3.63, 3.8) is 0 Å². The van der Waals surface area contributed by atoms with E-state index in [4.69, 9.17) is 9.97 Å². The molecule has 45 heavy (non-hydrogen) atoms. The van der Waals surface area contributed by atoms with Crippen LogP contribution >= 0.6 is 0 Å². The van der Waals surface area contributed by atoms with Crippen molar-refractivity contribution in [1.29, 1.82) is 0 Å². The third kappa shape index (κ3) is 8.37. The fraction of sp³-hybridized carbons (Fsp3) is 0.425. The van der Waals surface area contributed by atoms with Gasteiger partial charge < -0.3 is 5.11 Å². The minimum atomic E-state index is 0. The normalized spacial score (nSPS) is 12.7. The second-order valence-electron chi connectivity index (χ2n) is 13.1. The monoisotopic (exact) mass is 782 g/mol. The van der Waals surface area contributed by atoms with Crippen molar-refractivity contribution in [2.24, 2.45) is 11.8 Å². The Balaban J connectivity index is 0.000000297. The molecule has 2 aromatic carbocycles. The summed E-state index contributed by atoms with van der Waals surface area (Å²) >= 11 is 0. The Bertz CT molecular complexity index is 1640. The zero-order valence-corrected chi connectivity index (χ0v) is 30.6. The average Bonchev–Trinajstić information content (AvgIpc) is 3.01. The van der Waals surface area contributed by atoms with Gasteiger partial charge in [0.2, 0.25) is 0 Å². The van der Waals surface area contributed by atoms with Crippen molar-refractivity contribution in [3.05, 3.63) is 95.0 Å². The Labute approximate surface area is 284 Å². The second-order valence-corrected chi connectivity index (χ2v) is 13.1. The smallest absolute Gasteiger partial charge is 0.162 e. The van der Waals surface area contributed by atoms with Crippen molar-refractivity contribution >= 4 is 16.6 Å². The number of nitrogens with zero attached hydrogens (tertiary/aromatic N) is 2. The number of hydrogen-bond acceptors (Lipinski definition) is 4. The molecule has 1 aliphatic carbocycles. The molecule has 241 valence electrons. The third-order valence-corrected chi connectivity index (χ3v) is 8.98. The molecule has 0 atom stereocenters. The zero-order chi connectivity index (χ0) is 32.0. The van der Waals surface area contributed by atoms with Gasteiger partial charge in [-0.05, 0) is 79.2 Å². The maximum absolute atomic E-state index is 11.7. The molecular weight excluding hydrogens is 733 g/mol. The number of carbonyl (C=O) groups is 1. The molecule has 1 N–H and O–H groups in total. The van der Waals surface area contributed by atoms with Gasteiger partial charge >= 0.3 is 0 Å². The molecular formula is C40H49IrN2O2-. The van der Waals surface area contributed by atoms with Crippen molar-refractivity contribution in [3.8, 4) is 22.5 Å². The zero-order valence-electron chi connectivity index (χ0n) is 28.3. The molecule has 0 bridgehead atoms. The summed E-state index contributed by atoms with van der Waals surface area (Å²) in [5.41, 5.74) is 9.70. The Morgan fingerprint density at radius 3 is 2.24 bits per heavy atom. The number of hydrogen-bond donors (Lipinski definition) is 1. The van der Waals surface area contributed by atoms with E-state index in [1.165, 1.54) is 39.3 Å². The summed E-state index contributed by atoms with van der Waals surface area (Å²) in [6.45, 7) is 17.0. The van der Waals surface area contributed by atoms with Crippen LogP contribution in [0.5, 0.6) is 0 Å². The number of allylic oxidation sites excluding steroid dienone is 2. The number of aliphatic hydroxyl groups excluding tert-OH is 1. The van der Waals surface area contributed by atoms with E-state index in [1.807, 2.05) is 40.1 Å². The second kappa shape index (κ2) is 15.9. The third-order valence-electron chi connectivity index (χ3n) is 8.98. The van der Waals surface area contributed by atoms with E-state index in [1.54, 1.807) is 0 Å². The van der Waals surface area contributed by atoms with Crippen LogP contribution in [0, 0.1) is 24.8 Å². The summed E-state index contributed by atoms with van der Waals surface area (Å²) in [5, 5.41) is 12.2. The Kier molecular flexibility index (Phi) is 12.9. The van der Waals surface area contributed by atoms with E-state index in [2.05, 4.69) is 76.2 Å². The largest absolute Gasteiger partial charge is 0.512 e.